The third kappa shape index (κ3) is 2.19. The number of thioether (sulfide) groups is 1. The van der Waals surface area contributed by atoms with Crippen LogP contribution in [-0.2, 0) is 0 Å². The van der Waals surface area contributed by atoms with Gasteiger partial charge in [-0.25, -0.2) is 14.4 Å². The van der Waals surface area contributed by atoms with Crippen molar-refractivity contribution < 1.29 is 4.39 Å². The molecule has 0 amide bonds. The first-order valence-corrected chi connectivity index (χ1v) is 8.82. The molecule has 2 aromatic rings. The fourth-order valence-corrected chi connectivity index (χ4v) is 3.43. The molecule has 7 heteroatoms. The van der Waals surface area contributed by atoms with Gasteiger partial charge < -0.3 is 10.6 Å². The zero-order chi connectivity index (χ0) is 16.8. The third-order valence-electron chi connectivity index (χ3n) is 4.24. The lowest BCUT2D eigenvalue weighted by atomic mass is 9.94. The van der Waals surface area contributed by atoms with Crippen LogP contribution in [0.15, 0.2) is 28.5 Å². The van der Waals surface area contributed by atoms with E-state index in [0.717, 1.165) is 34.9 Å². The molecule has 2 N–H and O–H groups in total. The zero-order valence-corrected chi connectivity index (χ0v) is 14.2. The standard InChI is InChI=1S/C17H16FN5S/c1-9-3-4-12(19)14(18)13(9)11-7-10-8-21-17(24-2)22-15(10)23-6-5-20-16(11)23/h3-4,7-8H,5-6,19H2,1-2H3. The van der Waals surface area contributed by atoms with E-state index in [0.29, 0.717) is 17.3 Å². The fourth-order valence-electron chi connectivity index (χ4n) is 3.09. The molecule has 2 aliphatic heterocycles. The molecule has 2 aliphatic rings. The van der Waals surface area contributed by atoms with Gasteiger partial charge in [-0.3, -0.25) is 4.99 Å². The Morgan fingerprint density at radius 1 is 1.33 bits per heavy atom. The van der Waals surface area contributed by atoms with E-state index in [-0.39, 0.29) is 5.69 Å². The van der Waals surface area contributed by atoms with Gasteiger partial charge in [0.25, 0.3) is 0 Å². The van der Waals surface area contributed by atoms with Crippen molar-refractivity contribution in [2.24, 2.45) is 4.99 Å². The molecule has 24 heavy (non-hydrogen) atoms. The number of nitrogens with zero attached hydrogens (tertiary/aromatic N) is 4. The summed E-state index contributed by atoms with van der Waals surface area (Å²) in [6, 6.07) is 3.42. The quantitative estimate of drug-likeness (QED) is 0.517. The Kier molecular flexibility index (Phi) is 3.53. The van der Waals surface area contributed by atoms with Gasteiger partial charge in [-0.15, -0.1) is 0 Å². The average Bonchev–Trinajstić information content (AvgIpc) is 3.08. The molecule has 0 saturated heterocycles. The molecule has 0 spiro atoms. The summed E-state index contributed by atoms with van der Waals surface area (Å²) in [5.41, 5.74) is 8.85. The Bertz CT molecular complexity index is 906. The van der Waals surface area contributed by atoms with Gasteiger partial charge in [0.1, 0.15) is 11.7 Å². The number of fused-ring (bicyclic) bond motifs is 3. The molecule has 122 valence electrons. The Labute approximate surface area is 143 Å². The molecule has 0 aliphatic carbocycles. The van der Waals surface area contributed by atoms with Crippen LogP contribution < -0.4 is 10.6 Å². The lowest BCUT2D eigenvalue weighted by molar-refractivity contribution is 0.628. The van der Waals surface area contributed by atoms with Gasteiger partial charge in [0, 0.05) is 29.4 Å². The number of aryl methyl sites for hydroxylation is 1. The summed E-state index contributed by atoms with van der Waals surface area (Å²) >= 11 is 1.49. The Morgan fingerprint density at radius 3 is 2.96 bits per heavy atom. The molecular formula is C17H16FN5S. The molecule has 4 rings (SSSR count). The Hall–Kier alpha value is -2.41. The van der Waals surface area contributed by atoms with Gasteiger partial charge in [0.05, 0.1) is 12.2 Å². The smallest absolute Gasteiger partial charge is 0.189 e. The minimum Gasteiger partial charge on any atom is -0.396 e. The highest BCUT2D eigenvalue weighted by molar-refractivity contribution is 7.98. The molecule has 0 saturated carbocycles. The Balaban J connectivity index is 1.96. The van der Waals surface area contributed by atoms with Crippen LogP contribution >= 0.6 is 11.8 Å². The molecule has 1 aromatic carbocycles. The van der Waals surface area contributed by atoms with Crippen molar-refractivity contribution in [3.8, 4) is 0 Å². The summed E-state index contributed by atoms with van der Waals surface area (Å²) in [4.78, 5) is 15.6. The summed E-state index contributed by atoms with van der Waals surface area (Å²) in [6.07, 6.45) is 5.63. The number of aromatic nitrogens is 2. The van der Waals surface area contributed by atoms with Crippen LogP contribution in [0.2, 0.25) is 0 Å². The Morgan fingerprint density at radius 2 is 2.17 bits per heavy atom. The van der Waals surface area contributed by atoms with Gasteiger partial charge in [-0.2, -0.15) is 0 Å². The third-order valence-corrected chi connectivity index (χ3v) is 4.81. The molecule has 0 radical (unpaired) electrons. The van der Waals surface area contributed by atoms with Gasteiger partial charge >= 0.3 is 0 Å². The normalized spacial score (nSPS) is 15.7. The largest absolute Gasteiger partial charge is 0.396 e. The van der Waals surface area contributed by atoms with Gasteiger partial charge in [0.15, 0.2) is 11.0 Å². The summed E-state index contributed by atoms with van der Waals surface area (Å²) < 4.78 is 14.7. The van der Waals surface area contributed by atoms with Crippen molar-refractivity contribution in [3.63, 3.8) is 0 Å². The number of nitrogens with two attached hydrogens (primary N) is 1. The maximum absolute atomic E-state index is 14.7. The molecule has 0 unspecified atom stereocenters. The van der Waals surface area contributed by atoms with Gasteiger partial charge in [-0.1, -0.05) is 17.8 Å². The van der Waals surface area contributed by atoms with Crippen LogP contribution in [0.5, 0.6) is 0 Å². The summed E-state index contributed by atoms with van der Waals surface area (Å²) in [5.74, 6) is 1.18. The van der Waals surface area contributed by atoms with Crippen LogP contribution in [0.1, 0.15) is 16.7 Å². The predicted molar refractivity (Wildman–Crippen MR) is 96.9 cm³/mol. The highest BCUT2D eigenvalue weighted by Crippen LogP contribution is 2.38. The maximum Gasteiger partial charge on any atom is 0.189 e. The topological polar surface area (TPSA) is 67.4 Å². The molecule has 0 fully saturated rings. The van der Waals surface area contributed by atoms with Crippen LogP contribution in [0.4, 0.5) is 15.9 Å². The van der Waals surface area contributed by atoms with E-state index in [1.807, 2.05) is 30.2 Å². The van der Waals surface area contributed by atoms with E-state index in [2.05, 4.69) is 15.0 Å². The van der Waals surface area contributed by atoms with Crippen molar-refractivity contribution in [1.82, 2.24) is 9.97 Å². The van der Waals surface area contributed by atoms with Crippen molar-refractivity contribution in [1.29, 1.82) is 0 Å². The summed E-state index contributed by atoms with van der Waals surface area (Å²) in [7, 11) is 0. The fraction of sp³-hybridized carbons (Fsp3) is 0.235. The second kappa shape index (κ2) is 5.59. The lowest BCUT2D eigenvalue weighted by Gasteiger charge is -2.28. The predicted octanol–water partition coefficient (Wildman–Crippen LogP) is 3.00. The van der Waals surface area contributed by atoms with Crippen LogP contribution in [0.3, 0.4) is 0 Å². The monoisotopic (exact) mass is 341 g/mol. The van der Waals surface area contributed by atoms with Crippen molar-refractivity contribution in [2.75, 3.05) is 30.0 Å². The number of halogens is 1. The number of aliphatic imine (C=N–C) groups is 1. The number of anilines is 2. The van der Waals surface area contributed by atoms with Gasteiger partial charge in [0.2, 0.25) is 0 Å². The molecule has 0 atom stereocenters. The number of rotatable bonds is 2. The van der Waals surface area contributed by atoms with Gasteiger partial charge in [-0.05, 0) is 30.9 Å². The first-order valence-electron chi connectivity index (χ1n) is 7.60. The van der Waals surface area contributed by atoms with Crippen LogP contribution in [0, 0.1) is 12.7 Å². The van der Waals surface area contributed by atoms with E-state index in [1.165, 1.54) is 11.8 Å². The van der Waals surface area contributed by atoms with Crippen molar-refractivity contribution in [2.45, 2.75) is 12.1 Å². The summed E-state index contributed by atoms with van der Waals surface area (Å²) in [6.45, 7) is 3.27. The zero-order valence-electron chi connectivity index (χ0n) is 13.4. The van der Waals surface area contributed by atoms with E-state index < -0.39 is 5.82 Å². The maximum atomic E-state index is 14.7. The van der Waals surface area contributed by atoms with Crippen LogP contribution in [-0.4, -0.2) is 35.1 Å². The molecular weight excluding hydrogens is 325 g/mol. The minimum absolute atomic E-state index is 0.140. The van der Waals surface area contributed by atoms with E-state index in [9.17, 15) is 4.39 Å². The molecule has 0 bridgehead atoms. The SMILES string of the molecule is CSc1ncc2c(n1)N1CCN=C1C(c1c(C)ccc(N)c1F)=C2. The minimum atomic E-state index is -0.402. The second-order valence-electron chi connectivity index (χ2n) is 5.71. The number of hydrogen-bond acceptors (Lipinski definition) is 6. The van der Waals surface area contributed by atoms with Crippen molar-refractivity contribution in [3.05, 3.63) is 40.8 Å². The lowest BCUT2D eigenvalue weighted by Crippen LogP contribution is -2.32. The molecule has 5 nitrogen and oxygen atoms in total. The number of amidine groups is 1. The highest BCUT2D eigenvalue weighted by Gasteiger charge is 2.32. The van der Waals surface area contributed by atoms with E-state index in [4.69, 9.17) is 5.73 Å². The van der Waals surface area contributed by atoms with E-state index in [1.54, 1.807) is 12.3 Å². The highest BCUT2D eigenvalue weighted by atomic mass is 32.2. The number of nitrogen functional groups attached to an aromatic ring is 1. The first-order chi connectivity index (χ1) is 11.6. The molecule has 3 heterocycles. The van der Waals surface area contributed by atoms with Crippen molar-refractivity contribution >= 4 is 40.8 Å². The number of hydrogen-bond donors (Lipinski definition) is 1. The first kappa shape index (κ1) is 15.1. The number of benzene rings is 1. The second-order valence-corrected chi connectivity index (χ2v) is 6.48. The average molecular weight is 341 g/mol. The summed E-state index contributed by atoms with van der Waals surface area (Å²) in [5, 5.41) is 0.711. The van der Waals surface area contributed by atoms with Crippen LogP contribution in [0.25, 0.3) is 11.6 Å². The molecule has 1 aromatic heterocycles. The van der Waals surface area contributed by atoms with E-state index >= 15 is 0 Å².